The fourth-order valence-electron chi connectivity index (χ4n) is 2.67. The molecule has 0 fully saturated rings. The molecule has 1 heterocycles. The van der Waals surface area contributed by atoms with E-state index in [4.69, 9.17) is 0 Å². The van der Waals surface area contributed by atoms with Crippen LogP contribution in [0.25, 0.3) is 0 Å². The van der Waals surface area contributed by atoms with Crippen LogP contribution in [-0.4, -0.2) is 23.0 Å². The first-order valence-electron chi connectivity index (χ1n) is 7.68. The van der Waals surface area contributed by atoms with E-state index in [-0.39, 0.29) is 11.8 Å². The van der Waals surface area contributed by atoms with Gasteiger partial charge in [0, 0.05) is 4.88 Å². The van der Waals surface area contributed by atoms with E-state index in [1.54, 1.807) is 0 Å². The molecule has 1 aliphatic carbocycles. The summed E-state index contributed by atoms with van der Waals surface area (Å²) < 4.78 is 0. The SMILES string of the molecule is CC[C@@H](C)[C@@H](NC(=O)c1cc2c(s1)CCCCC2)C(=O)O. The van der Waals surface area contributed by atoms with Crippen molar-refractivity contribution in [1.29, 1.82) is 0 Å². The minimum atomic E-state index is -0.962. The molecule has 5 heteroatoms. The van der Waals surface area contributed by atoms with Gasteiger partial charge in [-0.05, 0) is 43.2 Å². The average Bonchev–Trinajstić information content (AvgIpc) is 2.74. The van der Waals surface area contributed by atoms with E-state index >= 15 is 0 Å². The molecule has 2 rings (SSSR count). The average molecular weight is 309 g/mol. The zero-order chi connectivity index (χ0) is 15.4. The summed E-state index contributed by atoms with van der Waals surface area (Å²) in [4.78, 5) is 25.6. The van der Waals surface area contributed by atoms with Gasteiger partial charge in [0.15, 0.2) is 0 Å². The molecule has 2 atom stereocenters. The maximum atomic E-state index is 12.3. The highest BCUT2D eigenvalue weighted by atomic mass is 32.1. The van der Waals surface area contributed by atoms with Crippen molar-refractivity contribution in [2.75, 3.05) is 0 Å². The maximum absolute atomic E-state index is 12.3. The number of aliphatic carboxylic acids is 1. The van der Waals surface area contributed by atoms with E-state index in [0.717, 1.165) is 19.3 Å². The minimum absolute atomic E-state index is 0.0794. The van der Waals surface area contributed by atoms with Crippen molar-refractivity contribution in [3.05, 3.63) is 21.4 Å². The number of carboxylic acids is 1. The maximum Gasteiger partial charge on any atom is 0.326 e. The topological polar surface area (TPSA) is 66.4 Å². The largest absolute Gasteiger partial charge is 0.480 e. The first kappa shape index (κ1) is 16.0. The Labute approximate surface area is 129 Å². The molecule has 0 unspecified atom stereocenters. The van der Waals surface area contributed by atoms with Crippen molar-refractivity contribution in [1.82, 2.24) is 5.32 Å². The van der Waals surface area contributed by atoms with Crippen molar-refractivity contribution in [2.45, 2.75) is 58.4 Å². The molecule has 1 amide bonds. The predicted octanol–water partition coefficient (Wildman–Crippen LogP) is 3.25. The third-order valence-electron chi connectivity index (χ3n) is 4.24. The van der Waals surface area contributed by atoms with Gasteiger partial charge in [-0.25, -0.2) is 4.79 Å². The second kappa shape index (κ2) is 7.07. The summed E-state index contributed by atoms with van der Waals surface area (Å²) in [5, 5.41) is 11.9. The van der Waals surface area contributed by atoms with Crippen molar-refractivity contribution in [2.24, 2.45) is 5.92 Å². The van der Waals surface area contributed by atoms with Gasteiger partial charge in [0.2, 0.25) is 0 Å². The number of hydrogen-bond donors (Lipinski definition) is 2. The van der Waals surface area contributed by atoms with Gasteiger partial charge in [0.1, 0.15) is 6.04 Å². The third kappa shape index (κ3) is 3.84. The Hall–Kier alpha value is -1.36. The Bertz CT molecular complexity index is 500. The molecule has 0 bridgehead atoms. The van der Waals surface area contributed by atoms with E-state index in [2.05, 4.69) is 5.32 Å². The van der Waals surface area contributed by atoms with Crippen LogP contribution in [0.2, 0.25) is 0 Å². The molecule has 0 aromatic carbocycles. The molecule has 0 radical (unpaired) electrons. The van der Waals surface area contributed by atoms with Crippen molar-refractivity contribution in [3.8, 4) is 0 Å². The molecule has 116 valence electrons. The van der Waals surface area contributed by atoms with Crippen LogP contribution in [0.1, 0.15) is 59.6 Å². The first-order valence-corrected chi connectivity index (χ1v) is 8.49. The van der Waals surface area contributed by atoms with Gasteiger partial charge in [-0.1, -0.05) is 26.7 Å². The highest BCUT2D eigenvalue weighted by molar-refractivity contribution is 7.14. The predicted molar refractivity (Wildman–Crippen MR) is 83.9 cm³/mol. The summed E-state index contributed by atoms with van der Waals surface area (Å²) in [5.41, 5.74) is 1.28. The van der Waals surface area contributed by atoms with Crippen LogP contribution in [0.3, 0.4) is 0 Å². The molecule has 0 saturated carbocycles. The summed E-state index contributed by atoms with van der Waals surface area (Å²) in [7, 11) is 0. The standard InChI is InChI=1S/C16H23NO3S/c1-3-10(2)14(16(19)20)17-15(18)13-9-11-7-5-4-6-8-12(11)21-13/h9-10,14H,3-8H2,1-2H3,(H,17,18)(H,19,20)/t10-,14-/m1/s1. The van der Waals surface area contributed by atoms with Crippen LogP contribution in [-0.2, 0) is 17.6 Å². The smallest absolute Gasteiger partial charge is 0.326 e. The first-order chi connectivity index (χ1) is 10.0. The number of fused-ring (bicyclic) bond motifs is 1. The number of carbonyl (C=O) groups is 2. The Kier molecular flexibility index (Phi) is 5.39. The Balaban J connectivity index is 2.11. The zero-order valence-corrected chi connectivity index (χ0v) is 13.5. The molecule has 1 aromatic rings. The summed E-state index contributed by atoms with van der Waals surface area (Å²) in [6, 6.07) is 1.14. The molecule has 0 aliphatic heterocycles. The number of carboxylic acid groups (broad SMARTS) is 1. The Morgan fingerprint density at radius 2 is 2.05 bits per heavy atom. The monoisotopic (exact) mass is 309 g/mol. The van der Waals surface area contributed by atoms with Gasteiger partial charge >= 0.3 is 5.97 Å². The Morgan fingerprint density at radius 1 is 1.33 bits per heavy atom. The fourth-order valence-corrected chi connectivity index (χ4v) is 3.83. The van der Waals surface area contributed by atoms with Gasteiger partial charge < -0.3 is 10.4 Å². The van der Waals surface area contributed by atoms with Gasteiger partial charge in [-0.15, -0.1) is 11.3 Å². The molecular formula is C16H23NO3S. The van der Waals surface area contributed by atoms with Crippen LogP contribution in [0.15, 0.2) is 6.07 Å². The molecule has 0 spiro atoms. The number of hydrogen-bond acceptors (Lipinski definition) is 3. The number of amides is 1. The summed E-state index contributed by atoms with van der Waals surface area (Å²) in [6.45, 7) is 3.78. The van der Waals surface area contributed by atoms with E-state index in [0.29, 0.717) is 4.88 Å². The van der Waals surface area contributed by atoms with Gasteiger partial charge in [0.25, 0.3) is 5.91 Å². The molecule has 21 heavy (non-hydrogen) atoms. The highest BCUT2D eigenvalue weighted by Gasteiger charge is 2.27. The lowest BCUT2D eigenvalue weighted by Crippen LogP contribution is -2.44. The van der Waals surface area contributed by atoms with Crippen LogP contribution < -0.4 is 5.32 Å². The molecule has 0 saturated heterocycles. The molecule has 1 aliphatic rings. The minimum Gasteiger partial charge on any atom is -0.480 e. The van der Waals surface area contributed by atoms with Crippen LogP contribution in [0, 0.1) is 5.92 Å². The normalized spacial score (nSPS) is 17.4. The van der Waals surface area contributed by atoms with Crippen molar-refractivity contribution in [3.63, 3.8) is 0 Å². The van der Waals surface area contributed by atoms with Gasteiger partial charge in [-0.2, -0.15) is 0 Å². The number of carbonyl (C=O) groups excluding carboxylic acids is 1. The zero-order valence-electron chi connectivity index (χ0n) is 12.6. The fraction of sp³-hybridized carbons (Fsp3) is 0.625. The summed E-state index contributed by atoms with van der Waals surface area (Å²) in [6.07, 6.45) is 6.40. The summed E-state index contributed by atoms with van der Waals surface area (Å²) >= 11 is 1.52. The molecular weight excluding hydrogens is 286 g/mol. The quantitative estimate of drug-likeness (QED) is 0.821. The Morgan fingerprint density at radius 3 is 2.71 bits per heavy atom. The van der Waals surface area contributed by atoms with Crippen LogP contribution in [0.4, 0.5) is 0 Å². The van der Waals surface area contributed by atoms with Crippen LogP contribution in [0.5, 0.6) is 0 Å². The van der Waals surface area contributed by atoms with E-state index in [1.807, 2.05) is 19.9 Å². The van der Waals surface area contributed by atoms with Crippen molar-refractivity contribution >= 4 is 23.2 Å². The third-order valence-corrected chi connectivity index (χ3v) is 5.47. The highest BCUT2D eigenvalue weighted by Crippen LogP contribution is 2.29. The number of thiophene rings is 1. The molecule has 2 N–H and O–H groups in total. The number of nitrogens with one attached hydrogen (secondary N) is 1. The second-order valence-electron chi connectivity index (χ2n) is 5.79. The molecule has 4 nitrogen and oxygen atoms in total. The van der Waals surface area contributed by atoms with E-state index in [9.17, 15) is 14.7 Å². The van der Waals surface area contributed by atoms with E-state index in [1.165, 1.54) is 41.0 Å². The second-order valence-corrected chi connectivity index (χ2v) is 6.93. The molecule has 1 aromatic heterocycles. The lowest BCUT2D eigenvalue weighted by Gasteiger charge is -2.19. The lowest BCUT2D eigenvalue weighted by atomic mass is 9.99. The van der Waals surface area contributed by atoms with Gasteiger partial charge in [-0.3, -0.25) is 4.79 Å². The number of rotatable bonds is 5. The summed E-state index contributed by atoms with van der Waals surface area (Å²) in [5.74, 6) is -1.29. The van der Waals surface area contributed by atoms with Crippen LogP contribution >= 0.6 is 11.3 Å². The lowest BCUT2D eigenvalue weighted by molar-refractivity contribution is -0.140. The van der Waals surface area contributed by atoms with E-state index < -0.39 is 12.0 Å². The number of aryl methyl sites for hydroxylation is 2. The van der Waals surface area contributed by atoms with Gasteiger partial charge in [0.05, 0.1) is 4.88 Å². The van der Waals surface area contributed by atoms with Crippen molar-refractivity contribution < 1.29 is 14.7 Å².